The van der Waals surface area contributed by atoms with Crippen LogP contribution < -0.4 is 5.32 Å². The number of fused-ring (bicyclic) bond motifs is 1. The number of carbonyl (C=O) groups is 2. The van der Waals surface area contributed by atoms with Gasteiger partial charge in [0.15, 0.2) is 17.1 Å². The molecule has 11 heteroatoms. The first-order valence-electron chi connectivity index (χ1n) is 9.32. The maximum Gasteiger partial charge on any atom is 0.437 e. The fourth-order valence-electron chi connectivity index (χ4n) is 3.71. The molecule has 30 heavy (non-hydrogen) atoms. The Labute approximate surface area is 168 Å². The number of halogens is 3. The Morgan fingerprint density at radius 2 is 2.07 bits per heavy atom. The first kappa shape index (κ1) is 19.9. The number of furan rings is 1. The maximum atomic E-state index is 13.0. The summed E-state index contributed by atoms with van der Waals surface area (Å²) < 4.78 is 44.7. The molecule has 8 nitrogen and oxygen atoms in total. The lowest BCUT2D eigenvalue weighted by Gasteiger charge is -2.24. The smallest absolute Gasteiger partial charge is 0.437 e. The Hall–Kier alpha value is -3.37. The lowest BCUT2D eigenvalue weighted by molar-refractivity contribution is -0.141. The molecular formula is C19H18F3N5O3. The van der Waals surface area contributed by atoms with Crippen LogP contribution in [-0.4, -0.2) is 51.3 Å². The second-order valence-electron chi connectivity index (χ2n) is 7.08. The summed E-state index contributed by atoms with van der Waals surface area (Å²) in [7, 11) is 0. The number of nitrogens with zero attached hydrogens (tertiary/aromatic N) is 3. The summed E-state index contributed by atoms with van der Waals surface area (Å²) in [5, 5.41) is 11.9. The van der Waals surface area contributed by atoms with Gasteiger partial charge in [0.2, 0.25) is 0 Å². The molecule has 1 atom stereocenters. The van der Waals surface area contributed by atoms with Gasteiger partial charge in [-0.05, 0) is 25.8 Å². The van der Waals surface area contributed by atoms with Gasteiger partial charge >= 0.3 is 6.18 Å². The highest BCUT2D eigenvalue weighted by atomic mass is 19.4. The van der Waals surface area contributed by atoms with E-state index in [0.717, 1.165) is 5.39 Å². The second-order valence-corrected chi connectivity index (χ2v) is 7.08. The molecule has 0 spiro atoms. The topological polar surface area (TPSA) is 104 Å². The van der Waals surface area contributed by atoms with Crippen LogP contribution >= 0.6 is 0 Å². The van der Waals surface area contributed by atoms with Gasteiger partial charge in [-0.15, -0.1) is 0 Å². The standard InChI is InChI=1S/C19H18F3N5O3/c1-10-12-6-2-3-7-13(12)30-15(10)17(28)23-9-11-5-4-8-27(11)18(29)14-16(19(20,21)22)25-26-24-14/h2-3,6-7,11H,4-5,8-9H2,1H3,(H,23,28)(H,24,25,26)/t11-/m1/s1. The van der Waals surface area contributed by atoms with E-state index in [4.69, 9.17) is 4.42 Å². The van der Waals surface area contributed by atoms with Crippen molar-refractivity contribution < 1.29 is 27.2 Å². The summed E-state index contributed by atoms with van der Waals surface area (Å²) in [6.45, 7) is 2.13. The quantitative estimate of drug-likeness (QED) is 0.674. The molecule has 158 valence electrons. The van der Waals surface area contributed by atoms with Crippen LogP contribution in [0.15, 0.2) is 28.7 Å². The van der Waals surface area contributed by atoms with Crippen LogP contribution in [0.2, 0.25) is 0 Å². The van der Waals surface area contributed by atoms with Gasteiger partial charge in [0.05, 0.1) is 0 Å². The summed E-state index contributed by atoms with van der Waals surface area (Å²) in [5.74, 6) is -1.14. The summed E-state index contributed by atoms with van der Waals surface area (Å²) in [6.07, 6.45) is -3.64. The molecule has 0 bridgehead atoms. The zero-order valence-corrected chi connectivity index (χ0v) is 15.9. The van der Waals surface area contributed by atoms with E-state index in [1.165, 1.54) is 4.90 Å². The van der Waals surface area contributed by atoms with Gasteiger partial charge < -0.3 is 14.6 Å². The Morgan fingerprint density at radius 1 is 1.30 bits per heavy atom. The van der Waals surface area contributed by atoms with Gasteiger partial charge in [0.25, 0.3) is 11.8 Å². The molecule has 2 amide bonds. The molecular weight excluding hydrogens is 403 g/mol. The highest BCUT2D eigenvalue weighted by Crippen LogP contribution is 2.31. The van der Waals surface area contributed by atoms with Crippen LogP contribution in [0.3, 0.4) is 0 Å². The van der Waals surface area contributed by atoms with E-state index in [1.807, 2.05) is 17.3 Å². The lowest BCUT2D eigenvalue weighted by atomic mass is 10.1. The van der Waals surface area contributed by atoms with Crippen molar-refractivity contribution >= 4 is 22.8 Å². The van der Waals surface area contributed by atoms with E-state index in [1.54, 1.807) is 19.1 Å². The SMILES string of the molecule is Cc1c(C(=O)NC[C@H]2CCCN2C(=O)c2n[nH]nc2C(F)(F)F)oc2ccccc12. The average molecular weight is 421 g/mol. The minimum absolute atomic E-state index is 0.0836. The molecule has 1 aliphatic rings. The predicted octanol–water partition coefficient (Wildman–Crippen LogP) is 2.91. The number of hydrogen-bond acceptors (Lipinski definition) is 5. The molecule has 3 heterocycles. The maximum absolute atomic E-state index is 13.0. The van der Waals surface area contributed by atoms with Gasteiger partial charge in [-0.3, -0.25) is 9.59 Å². The Balaban J connectivity index is 1.47. The fourth-order valence-corrected chi connectivity index (χ4v) is 3.71. The zero-order chi connectivity index (χ0) is 21.5. The Bertz CT molecular complexity index is 1100. The van der Waals surface area contributed by atoms with Crippen molar-refractivity contribution in [3.8, 4) is 0 Å². The van der Waals surface area contributed by atoms with Crippen molar-refractivity contribution in [3.63, 3.8) is 0 Å². The van der Waals surface area contributed by atoms with Crippen LogP contribution in [0.25, 0.3) is 11.0 Å². The molecule has 4 rings (SSSR count). The van der Waals surface area contributed by atoms with Gasteiger partial charge in [-0.2, -0.15) is 28.6 Å². The molecule has 1 aromatic carbocycles. The molecule has 1 aliphatic heterocycles. The van der Waals surface area contributed by atoms with Crippen molar-refractivity contribution in [3.05, 3.63) is 47.0 Å². The molecule has 0 unspecified atom stereocenters. The number of aromatic amines is 1. The number of carbonyl (C=O) groups excluding carboxylic acids is 2. The van der Waals surface area contributed by atoms with Crippen molar-refractivity contribution in [2.75, 3.05) is 13.1 Å². The predicted molar refractivity (Wildman–Crippen MR) is 98.7 cm³/mol. The number of hydrogen-bond donors (Lipinski definition) is 2. The first-order chi connectivity index (χ1) is 14.3. The van der Waals surface area contributed by atoms with E-state index >= 15 is 0 Å². The van der Waals surface area contributed by atoms with Crippen LogP contribution in [0.1, 0.15) is 45.1 Å². The van der Waals surface area contributed by atoms with Crippen molar-refractivity contribution in [2.24, 2.45) is 0 Å². The number of benzene rings is 1. The third-order valence-electron chi connectivity index (χ3n) is 5.21. The van der Waals surface area contributed by atoms with Crippen molar-refractivity contribution in [1.82, 2.24) is 25.6 Å². The molecule has 1 fully saturated rings. The number of alkyl halides is 3. The van der Waals surface area contributed by atoms with Crippen LogP contribution in [-0.2, 0) is 6.18 Å². The van der Waals surface area contributed by atoms with Gasteiger partial charge in [0.1, 0.15) is 5.58 Å². The number of H-pyrrole nitrogens is 1. The highest BCUT2D eigenvalue weighted by molar-refractivity contribution is 5.99. The van der Waals surface area contributed by atoms with Crippen molar-refractivity contribution in [2.45, 2.75) is 32.0 Å². The monoisotopic (exact) mass is 421 g/mol. The number of rotatable bonds is 4. The van der Waals surface area contributed by atoms with Gasteiger partial charge in [-0.1, -0.05) is 18.2 Å². The largest absolute Gasteiger partial charge is 0.451 e. The van der Waals surface area contributed by atoms with Crippen LogP contribution in [0, 0.1) is 6.92 Å². The molecule has 2 aromatic heterocycles. The molecule has 0 saturated carbocycles. The van der Waals surface area contributed by atoms with Crippen LogP contribution in [0.5, 0.6) is 0 Å². The minimum Gasteiger partial charge on any atom is -0.451 e. The summed E-state index contributed by atoms with van der Waals surface area (Å²) >= 11 is 0. The third kappa shape index (κ3) is 3.51. The fraction of sp³-hybridized carbons (Fsp3) is 0.368. The lowest BCUT2D eigenvalue weighted by Crippen LogP contribution is -2.43. The zero-order valence-electron chi connectivity index (χ0n) is 15.9. The molecule has 0 aliphatic carbocycles. The number of nitrogens with one attached hydrogen (secondary N) is 2. The van der Waals surface area contributed by atoms with Gasteiger partial charge in [-0.25, -0.2) is 0 Å². The van der Waals surface area contributed by atoms with E-state index < -0.39 is 35.4 Å². The van der Waals surface area contributed by atoms with Crippen LogP contribution in [0.4, 0.5) is 13.2 Å². The second kappa shape index (κ2) is 7.47. The first-order valence-corrected chi connectivity index (χ1v) is 9.32. The number of aromatic nitrogens is 3. The van der Waals surface area contributed by atoms with E-state index in [9.17, 15) is 22.8 Å². The molecule has 2 N–H and O–H groups in total. The number of amides is 2. The Kier molecular flexibility index (Phi) is 4.96. The normalized spacial score (nSPS) is 16.9. The number of para-hydroxylation sites is 1. The van der Waals surface area contributed by atoms with Gasteiger partial charge in [0, 0.05) is 30.1 Å². The highest BCUT2D eigenvalue weighted by Gasteiger charge is 2.42. The van der Waals surface area contributed by atoms with E-state index in [0.29, 0.717) is 24.0 Å². The number of aryl methyl sites for hydroxylation is 1. The Morgan fingerprint density at radius 3 is 2.80 bits per heavy atom. The third-order valence-corrected chi connectivity index (χ3v) is 5.21. The van der Waals surface area contributed by atoms with E-state index in [-0.39, 0.29) is 18.8 Å². The molecule has 1 saturated heterocycles. The molecule has 0 radical (unpaired) electrons. The summed E-state index contributed by atoms with van der Waals surface area (Å²) in [5.41, 5.74) is -0.836. The summed E-state index contributed by atoms with van der Waals surface area (Å²) in [4.78, 5) is 26.5. The van der Waals surface area contributed by atoms with Crippen molar-refractivity contribution in [1.29, 1.82) is 0 Å². The summed E-state index contributed by atoms with van der Waals surface area (Å²) in [6, 6.07) is 6.79. The minimum atomic E-state index is -4.79. The number of likely N-dealkylation sites (tertiary alicyclic amines) is 1. The average Bonchev–Trinajstić information content (AvgIpc) is 3.44. The van der Waals surface area contributed by atoms with E-state index in [2.05, 4.69) is 15.5 Å². The molecule has 3 aromatic rings.